The number of anilines is 1. The van der Waals surface area contributed by atoms with Crippen molar-refractivity contribution in [3.8, 4) is 0 Å². The average molecular weight is 358 g/mol. The molecule has 1 amide bonds. The second-order valence-corrected chi connectivity index (χ2v) is 5.46. The first kappa shape index (κ1) is 15.6. The Balaban J connectivity index is 2.16. The average Bonchev–Trinajstić information content (AvgIpc) is 2.37. The van der Waals surface area contributed by atoms with Gasteiger partial charge in [0.1, 0.15) is 0 Å². The van der Waals surface area contributed by atoms with Crippen LogP contribution in [0.25, 0.3) is 0 Å². The van der Waals surface area contributed by atoms with Gasteiger partial charge in [0, 0.05) is 15.7 Å². The van der Waals surface area contributed by atoms with Gasteiger partial charge in [-0.3, -0.25) is 4.79 Å². The molecule has 6 heteroatoms. The molecule has 0 aliphatic carbocycles. The van der Waals surface area contributed by atoms with Crippen molar-refractivity contribution < 1.29 is 18.0 Å². The van der Waals surface area contributed by atoms with E-state index in [1.54, 1.807) is 12.1 Å². The van der Waals surface area contributed by atoms with Crippen molar-refractivity contribution in [2.75, 3.05) is 5.32 Å². The maximum Gasteiger partial charge on any atom is 0.416 e. The van der Waals surface area contributed by atoms with Crippen LogP contribution in [-0.2, 0) is 6.18 Å². The molecule has 0 saturated heterocycles. The normalized spacial score (nSPS) is 11.3. The van der Waals surface area contributed by atoms with Crippen LogP contribution in [0.1, 0.15) is 21.5 Å². The van der Waals surface area contributed by atoms with Gasteiger partial charge in [0.05, 0.1) is 5.56 Å². The minimum Gasteiger partial charge on any atom is -0.322 e. The predicted octanol–water partition coefficient (Wildman–Crippen LogP) is 5.03. The SMILES string of the molecule is Cc1cc(Br)cc(C(=O)Nc2ccc(C(F)(F)F)cc2)c1. The third kappa shape index (κ3) is 4.07. The molecule has 2 rings (SSSR count). The van der Waals surface area contributed by atoms with E-state index in [1.165, 1.54) is 12.1 Å². The molecule has 0 bridgehead atoms. The van der Waals surface area contributed by atoms with Crippen molar-refractivity contribution in [2.24, 2.45) is 0 Å². The number of halogens is 4. The van der Waals surface area contributed by atoms with Crippen LogP contribution in [0.2, 0.25) is 0 Å². The maximum atomic E-state index is 12.4. The third-order valence-corrected chi connectivity index (χ3v) is 3.23. The summed E-state index contributed by atoms with van der Waals surface area (Å²) in [5.74, 6) is -0.376. The Morgan fingerprint density at radius 2 is 1.71 bits per heavy atom. The van der Waals surface area contributed by atoms with Gasteiger partial charge in [0.25, 0.3) is 5.91 Å². The summed E-state index contributed by atoms with van der Waals surface area (Å²) in [5, 5.41) is 2.56. The standard InChI is InChI=1S/C15H11BrF3NO/c1-9-6-10(8-12(16)7-9)14(21)20-13-4-2-11(3-5-13)15(17,18)19/h2-8H,1H3,(H,20,21). The Kier molecular flexibility index (Phi) is 4.37. The van der Waals surface area contributed by atoms with Crippen LogP contribution >= 0.6 is 15.9 Å². The second-order valence-electron chi connectivity index (χ2n) is 4.55. The number of rotatable bonds is 2. The number of benzene rings is 2. The van der Waals surface area contributed by atoms with Crippen molar-refractivity contribution >= 4 is 27.5 Å². The van der Waals surface area contributed by atoms with Crippen molar-refractivity contribution in [3.05, 3.63) is 63.6 Å². The topological polar surface area (TPSA) is 29.1 Å². The summed E-state index contributed by atoms with van der Waals surface area (Å²) in [6, 6.07) is 9.52. The molecule has 2 aromatic carbocycles. The molecule has 2 nitrogen and oxygen atoms in total. The van der Waals surface area contributed by atoms with E-state index in [0.29, 0.717) is 11.3 Å². The van der Waals surface area contributed by atoms with E-state index in [1.807, 2.05) is 13.0 Å². The van der Waals surface area contributed by atoms with Crippen LogP contribution in [0.4, 0.5) is 18.9 Å². The lowest BCUT2D eigenvalue weighted by Gasteiger charge is -2.09. The molecule has 2 aromatic rings. The highest BCUT2D eigenvalue weighted by atomic mass is 79.9. The van der Waals surface area contributed by atoms with Crippen molar-refractivity contribution in [1.29, 1.82) is 0 Å². The lowest BCUT2D eigenvalue weighted by molar-refractivity contribution is -0.137. The fraction of sp³-hybridized carbons (Fsp3) is 0.133. The Hall–Kier alpha value is -1.82. The molecule has 1 N–H and O–H groups in total. The van der Waals surface area contributed by atoms with E-state index < -0.39 is 11.7 Å². The lowest BCUT2D eigenvalue weighted by atomic mass is 10.1. The smallest absolute Gasteiger partial charge is 0.322 e. The van der Waals surface area contributed by atoms with Gasteiger partial charge in [-0.15, -0.1) is 0 Å². The Morgan fingerprint density at radius 3 is 2.24 bits per heavy atom. The number of nitrogens with one attached hydrogen (secondary N) is 1. The Bertz CT molecular complexity index is 645. The minimum atomic E-state index is -4.38. The van der Waals surface area contributed by atoms with Crippen LogP contribution < -0.4 is 5.32 Å². The first-order chi connectivity index (χ1) is 9.75. The van der Waals surface area contributed by atoms with Crippen LogP contribution in [0.5, 0.6) is 0 Å². The Morgan fingerprint density at radius 1 is 1.10 bits per heavy atom. The molecule has 0 aliphatic rings. The fourth-order valence-corrected chi connectivity index (χ4v) is 2.42. The van der Waals surface area contributed by atoms with Gasteiger partial charge < -0.3 is 5.32 Å². The molecule has 0 aromatic heterocycles. The molecule has 0 saturated carbocycles. The van der Waals surface area contributed by atoms with Gasteiger partial charge in [-0.1, -0.05) is 15.9 Å². The molecule has 0 unspecified atom stereocenters. The summed E-state index contributed by atoms with van der Waals surface area (Å²) < 4.78 is 38.1. The lowest BCUT2D eigenvalue weighted by Crippen LogP contribution is -2.12. The van der Waals surface area contributed by atoms with Crippen molar-refractivity contribution in [2.45, 2.75) is 13.1 Å². The van der Waals surface area contributed by atoms with Gasteiger partial charge in [0.2, 0.25) is 0 Å². The zero-order valence-electron chi connectivity index (χ0n) is 11.0. The summed E-state index contributed by atoms with van der Waals surface area (Å²) in [6.07, 6.45) is -4.38. The van der Waals surface area contributed by atoms with E-state index in [9.17, 15) is 18.0 Å². The van der Waals surface area contributed by atoms with Gasteiger partial charge >= 0.3 is 6.18 Å². The summed E-state index contributed by atoms with van der Waals surface area (Å²) in [6.45, 7) is 1.85. The summed E-state index contributed by atoms with van der Waals surface area (Å²) >= 11 is 3.29. The summed E-state index contributed by atoms with van der Waals surface area (Å²) in [5.41, 5.74) is 0.896. The molecule has 0 fully saturated rings. The van der Waals surface area contributed by atoms with E-state index >= 15 is 0 Å². The Labute approximate surface area is 128 Å². The number of hydrogen-bond acceptors (Lipinski definition) is 1. The molecular weight excluding hydrogens is 347 g/mol. The van der Waals surface area contributed by atoms with Crippen molar-refractivity contribution in [3.63, 3.8) is 0 Å². The number of amides is 1. The first-order valence-electron chi connectivity index (χ1n) is 6.01. The predicted molar refractivity (Wildman–Crippen MR) is 78.3 cm³/mol. The third-order valence-electron chi connectivity index (χ3n) is 2.77. The quantitative estimate of drug-likeness (QED) is 0.802. The number of carbonyl (C=O) groups is 1. The minimum absolute atomic E-state index is 0.311. The van der Waals surface area contributed by atoms with Crippen LogP contribution in [0.15, 0.2) is 46.9 Å². The number of carbonyl (C=O) groups excluding carboxylic acids is 1. The van der Waals surface area contributed by atoms with Gasteiger partial charge in [-0.05, 0) is 55.0 Å². The van der Waals surface area contributed by atoms with Gasteiger partial charge in [0.15, 0.2) is 0 Å². The molecule has 21 heavy (non-hydrogen) atoms. The van der Waals surface area contributed by atoms with Crippen LogP contribution in [0.3, 0.4) is 0 Å². The molecule has 0 radical (unpaired) electrons. The second kappa shape index (κ2) is 5.89. The van der Waals surface area contributed by atoms with Crippen molar-refractivity contribution in [1.82, 2.24) is 0 Å². The zero-order valence-corrected chi connectivity index (χ0v) is 12.5. The fourth-order valence-electron chi connectivity index (χ4n) is 1.81. The molecule has 0 atom stereocenters. The molecular formula is C15H11BrF3NO. The first-order valence-corrected chi connectivity index (χ1v) is 6.81. The monoisotopic (exact) mass is 357 g/mol. The highest BCUT2D eigenvalue weighted by Gasteiger charge is 2.29. The van der Waals surface area contributed by atoms with Gasteiger partial charge in [-0.2, -0.15) is 13.2 Å². The molecule has 0 aliphatic heterocycles. The van der Waals surface area contributed by atoms with Gasteiger partial charge in [-0.25, -0.2) is 0 Å². The maximum absolute atomic E-state index is 12.4. The number of hydrogen-bond donors (Lipinski definition) is 1. The molecule has 110 valence electrons. The highest BCUT2D eigenvalue weighted by molar-refractivity contribution is 9.10. The van der Waals surface area contributed by atoms with E-state index in [0.717, 1.165) is 22.2 Å². The van der Waals surface area contributed by atoms with Crippen LogP contribution in [-0.4, -0.2) is 5.91 Å². The largest absolute Gasteiger partial charge is 0.416 e. The van der Waals surface area contributed by atoms with Crippen LogP contribution in [0, 0.1) is 6.92 Å². The van der Waals surface area contributed by atoms with E-state index in [4.69, 9.17) is 0 Å². The van der Waals surface area contributed by atoms with E-state index in [2.05, 4.69) is 21.2 Å². The summed E-state index contributed by atoms with van der Waals surface area (Å²) in [7, 11) is 0. The van der Waals surface area contributed by atoms with E-state index in [-0.39, 0.29) is 5.91 Å². The zero-order chi connectivity index (χ0) is 15.6. The molecule has 0 heterocycles. The molecule has 0 spiro atoms. The summed E-state index contributed by atoms with van der Waals surface area (Å²) in [4.78, 5) is 12.0. The number of alkyl halides is 3. The number of aryl methyl sites for hydroxylation is 1. The highest BCUT2D eigenvalue weighted by Crippen LogP contribution is 2.29.